The number of ether oxygens (including phenoxy) is 1. The molecule has 1 aromatic rings. The molecule has 0 radical (unpaired) electrons. The SMILES string of the molecule is CC(C)CN1C2COCC1CN(Cc1ccoc1)C2. The molecule has 4 heteroatoms. The van der Waals surface area contributed by atoms with Crippen LogP contribution in [0.25, 0.3) is 0 Å². The molecule has 2 atom stereocenters. The first-order valence-corrected chi connectivity index (χ1v) is 7.29. The van der Waals surface area contributed by atoms with E-state index >= 15 is 0 Å². The number of fused-ring (bicyclic) bond motifs is 2. The smallest absolute Gasteiger partial charge is 0.0947 e. The van der Waals surface area contributed by atoms with E-state index in [9.17, 15) is 0 Å². The molecule has 2 unspecified atom stereocenters. The van der Waals surface area contributed by atoms with Gasteiger partial charge in [-0.2, -0.15) is 0 Å². The number of hydrogen-bond acceptors (Lipinski definition) is 4. The van der Waals surface area contributed by atoms with Gasteiger partial charge in [-0.05, 0) is 12.0 Å². The second-order valence-corrected chi connectivity index (χ2v) is 6.26. The Kier molecular flexibility index (Phi) is 3.91. The van der Waals surface area contributed by atoms with E-state index in [4.69, 9.17) is 9.15 Å². The first-order valence-electron chi connectivity index (χ1n) is 7.29. The molecule has 0 spiro atoms. The van der Waals surface area contributed by atoms with E-state index in [0.717, 1.165) is 38.8 Å². The van der Waals surface area contributed by atoms with Crippen LogP contribution < -0.4 is 0 Å². The lowest BCUT2D eigenvalue weighted by Crippen LogP contribution is -2.64. The molecule has 3 rings (SSSR count). The highest BCUT2D eigenvalue weighted by atomic mass is 16.5. The van der Waals surface area contributed by atoms with Gasteiger partial charge in [0, 0.05) is 43.8 Å². The van der Waals surface area contributed by atoms with Crippen molar-refractivity contribution in [1.29, 1.82) is 0 Å². The molecule has 2 fully saturated rings. The molecule has 0 saturated carbocycles. The van der Waals surface area contributed by atoms with Crippen molar-refractivity contribution in [3.8, 4) is 0 Å². The molecule has 2 aliphatic rings. The normalized spacial score (nSPS) is 29.0. The molecule has 0 amide bonds. The van der Waals surface area contributed by atoms with Crippen LogP contribution in [0.15, 0.2) is 23.0 Å². The Bertz CT molecular complexity index is 377. The molecule has 0 aromatic carbocycles. The third-order valence-electron chi connectivity index (χ3n) is 4.06. The maximum Gasteiger partial charge on any atom is 0.0947 e. The molecule has 19 heavy (non-hydrogen) atoms. The summed E-state index contributed by atoms with van der Waals surface area (Å²) < 4.78 is 10.9. The summed E-state index contributed by atoms with van der Waals surface area (Å²) in [5, 5.41) is 0. The number of piperazine rings is 1. The third kappa shape index (κ3) is 3.02. The minimum atomic E-state index is 0.557. The van der Waals surface area contributed by atoms with Gasteiger partial charge in [0.25, 0.3) is 0 Å². The van der Waals surface area contributed by atoms with Crippen molar-refractivity contribution in [2.24, 2.45) is 5.92 Å². The maximum atomic E-state index is 5.75. The predicted octanol–water partition coefficient (Wildman–Crippen LogP) is 1.82. The zero-order valence-corrected chi connectivity index (χ0v) is 11.9. The van der Waals surface area contributed by atoms with Gasteiger partial charge in [0.2, 0.25) is 0 Å². The lowest BCUT2D eigenvalue weighted by Gasteiger charge is -2.50. The second-order valence-electron chi connectivity index (χ2n) is 6.26. The van der Waals surface area contributed by atoms with Crippen LogP contribution in [0.2, 0.25) is 0 Å². The molecular weight excluding hydrogens is 240 g/mol. The highest BCUT2D eigenvalue weighted by molar-refractivity contribution is 5.06. The molecule has 0 N–H and O–H groups in total. The zero-order chi connectivity index (χ0) is 13.2. The maximum absolute atomic E-state index is 5.75. The van der Waals surface area contributed by atoms with Crippen molar-refractivity contribution in [2.45, 2.75) is 32.5 Å². The fourth-order valence-corrected chi connectivity index (χ4v) is 3.31. The largest absolute Gasteiger partial charge is 0.472 e. The molecule has 2 saturated heterocycles. The van der Waals surface area contributed by atoms with Gasteiger partial charge in [0.15, 0.2) is 0 Å². The summed E-state index contributed by atoms with van der Waals surface area (Å²) in [5.74, 6) is 0.725. The average Bonchev–Trinajstić information content (AvgIpc) is 2.82. The van der Waals surface area contributed by atoms with Crippen LogP contribution in [0.5, 0.6) is 0 Å². The first kappa shape index (κ1) is 13.2. The highest BCUT2D eigenvalue weighted by Crippen LogP contribution is 2.23. The van der Waals surface area contributed by atoms with E-state index in [1.807, 2.05) is 6.26 Å². The van der Waals surface area contributed by atoms with E-state index in [1.54, 1.807) is 6.26 Å². The molecular formula is C15H24N2O2. The minimum Gasteiger partial charge on any atom is -0.472 e. The van der Waals surface area contributed by atoms with Crippen molar-refractivity contribution in [3.63, 3.8) is 0 Å². The van der Waals surface area contributed by atoms with Crippen LogP contribution >= 0.6 is 0 Å². The molecule has 4 nitrogen and oxygen atoms in total. The summed E-state index contributed by atoms with van der Waals surface area (Å²) in [5.41, 5.74) is 1.27. The Hall–Kier alpha value is -0.840. The van der Waals surface area contributed by atoms with Gasteiger partial charge in [-0.3, -0.25) is 9.80 Å². The molecule has 106 valence electrons. The van der Waals surface area contributed by atoms with Crippen LogP contribution in [-0.2, 0) is 11.3 Å². The Labute approximate surface area is 115 Å². The Morgan fingerprint density at radius 1 is 1.26 bits per heavy atom. The molecule has 2 bridgehead atoms. The van der Waals surface area contributed by atoms with E-state index in [0.29, 0.717) is 12.1 Å². The summed E-state index contributed by atoms with van der Waals surface area (Å²) in [4.78, 5) is 5.21. The Balaban J connectivity index is 1.64. The Morgan fingerprint density at radius 2 is 2.00 bits per heavy atom. The fourth-order valence-electron chi connectivity index (χ4n) is 3.31. The van der Waals surface area contributed by atoms with E-state index in [-0.39, 0.29) is 0 Å². The molecule has 0 aliphatic carbocycles. The average molecular weight is 264 g/mol. The van der Waals surface area contributed by atoms with Crippen LogP contribution in [0.1, 0.15) is 19.4 Å². The van der Waals surface area contributed by atoms with Gasteiger partial charge in [-0.15, -0.1) is 0 Å². The monoisotopic (exact) mass is 264 g/mol. The van der Waals surface area contributed by atoms with Crippen LogP contribution in [-0.4, -0.2) is 54.7 Å². The quantitative estimate of drug-likeness (QED) is 0.829. The van der Waals surface area contributed by atoms with Crippen molar-refractivity contribution in [3.05, 3.63) is 24.2 Å². The number of furan rings is 1. The van der Waals surface area contributed by atoms with Gasteiger partial charge in [0.05, 0.1) is 25.7 Å². The van der Waals surface area contributed by atoms with Crippen LogP contribution in [0, 0.1) is 5.92 Å². The van der Waals surface area contributed by atoms with Gasteiger partial charge in [-0.25, -0.2) is 0 Å². The number of morpholine rings is 1. The van der Waals surface area contributed by atoms with Crippen LogP contribution in [0.4, 0.5) is 0 Å². The van der Waals surface area contributed by atoms with Crippen molar-refractivity contribution >= 4 is 0 Å². The number of rotatable bonds is 4. The van der Waals surface area contributed by atoms with E-state index < -0.39 is 0 Å². The summed E-state index contributed by atoms with van der Waals surface area (Å²) in [6.45, 7) is 10.8. The van der Waals surface area contributed by atoms with Gasteiger partial charge in [0.1, 0.15) is 0 Å². The lowest BCUT2D eigenvalue weighted by atomic mass is 10.0. The first-order chi connectivity index (χ1) is 9.22. The predicted molar refractivity (Wildman–Crippen MR) is 73.9 cm³/mol. The summed E-state index contributed by atoms with van der Waals surface area (Å²) in [6, 6.07) is 3.18. The minimum absolute atomic E-state index is 0.557. The van der Waals surface area contributed by atoms with Gasteiger partial charge < -0.3 is 9.15 Å². The van der Waals surface area contributed by atoms with E-state index in [1.165, 1.54) is 12.1 Å². The Morgan fingerprint density at radius 3 is 2.58 bits per heavy atom. The summed E-state index contributed by atoms with van der Waals surface area (Å²) in [7, 11) is 0. The number of hydrogen-bond donors (Lipinski definition) is 0. The highest BCUT2D eigenvalue weighted by Gasteiger charge is 2.37. The standard InChI is InChI=1S/C15H24N2O2/c1-12(2)5-17-14-7-16(6-13-3-4-18-9-13)8-15(17)11-19-10-14/h3-4,9,12,14-15H,5-8,10-11H2,1-2H3. The van der Waals surface area contributed by atoms with Gasteiger partial charge >= 0.3 is 0 Å². The molecule has 2 aliphatic heterocycles. The van der Waals surface area contributed by atoms with Crippen LogP contribution in [0.3, 0.4) is 0 Å². The lowest BCUT2D eigenvalue weighted by molar-refractivity contribution is -0.102. The fraction of sp³-hybridized carbons (Fsp3) is 0.733. The van der Waals surface area contributed by atoms with E-state index in [2.05, 4.69) is 29.7 Å². The third-order valence-corrected chi connectivity index (χ3v) is 4.06. The zero-order valence-electron chi connectivity index (χ0n) is 11.9. The van der Waals surface area contributed by atoms with Gasteiger partial charge in [-0.1, -0.05) is 13.8 Å². The topological polar surface area (TPSA) is 28.9 Å². The summed E-state index contributed by atoms with van der Waals surface area (Å²) in [6.07, 6.45) is 3.61. The number of nitrogens with zero attached hydrogens (tertiary/aromatic N) is 2. The van der Waals surface area contributed by atoms with Crippen molar-refractivity contribution < 1.29 is 9.15 Å². The van der Waals surface area contributed by atoms with Crippen molar-refractivity contribution in [1.82, 2.24) is 9.80 Å². The van der Waals surface area contributed by atoms with Crippen molar-refractivity contribution in [2.75, 3.05) is 32.8 Å². The summed E-state index contributed by atoms with van der Waals surface area (Å²) >= 11 is 0. The molecule has 3 heterocycles. The molecule has 1 aromatic heterocycles. The second kappa shape index (κ2) is 5.65.